The van der Waals surface area contributed by atoms with Gasteiger partial charge in [-0.2, -0.15) is 13.2 Å². The number of alkyl halides is 3. The molecule has 20 heavy (non-hydrogen) atoms. The van der Waals surface area contributed by atoms with Gasteiger partial charge < -0.3 is 5.43 Å². The standard InChI is InChI=1S/C11H16F3N2O3P/c1-3-18-20(17,19-4-2)16-15-10-7-5-6-9(8-10)11(12,13)14/h5-8,15H,3-4H2,1-2H3,(H,16,17). The van der Waals surface area contributed by atoms with E-state index in [9.17, 15) is 17.7 Å². The zero-order valence-corrected chi connectivity index (χ0v) is 11.9. The van der Waals surface area contributed by atoms with Gasteiger partial charge in [0.15, 0.2) is 0 Å². The van der Waals surface area contributed by atoms with Crippen molar-refractivity contribution in [2.24, 2.45) is 0 Å². The maximum absolute atomic E-state index is 12.5. The fourth-order valence-corrected chi connectivity index (χ4v) is 2.50. The largest absolute Gasteiger partial charge is 0.423 e. The maximum atomic E-state index is 12.5. The zero-order valence-electron chi connectivity index (χ0n) is 11.0. The van der Waals surface area contributed by atoms with Gasteiger partial charge in [-0.3, -0.25) is 9.05 Å². The summed E-state index contributed by atoms with van der Waals surface area (Å²) in [4.78, 5) is 0. The molecule has 0 radical (unpaired) electrons. The minimum Gasteiger partial charge on any atom is -0.312 e. The Morgan fingerprint density at radius 1 is 1.20 bits per heavy atom. The molecule has 1 rings (SSSR count). The van der Waals surface area contributed by atoms with Gasteiger partial charge in [-0.1, -0.05) is 6.07 Å². The molecular formula is C11H16F3N2O3P. The van der Waals surface area contributed by atoms with E-state index < -0.39 is 19.5 Å². The molecule has 2 N–H and O–H groups in total. The van der Waals surface area contributed by atoms with Crippen LogP contribution < -0.4 is 10.6 Å². The number of rotatable bonds is 7. The second kappa shape index (κ2) is 7.08. The van der Waals surface area contributed by atoms with Crippen molar-refractivity contribution in [3.05, 3.63) is 29.8 Å². The lowest BCUT2D eigenvalue weighted by Crippen LogP contribution is -2.21. The average molecular weight is 312 g/mol. The number of hydrogen-bond acceptors (Lipinski definition) is 4. The van der Waals surface area contributed by atoms with Crippen LogP contribution in [0.3, 0.4) is 0 Å². The molecule has 0 heterocycles. The van der Waals surface area contributed by atoms with Crippen molar-refractivity contribution in [2.45, 2.75) is 20.0 Å². The SMILES string of the molecule is CCOP(=O)(NNc1cccc(C(F)(F)F)c1)OCC. The number of halogens is 3. The van der Waals surface area contributed by atoms with Crippen LogP contribution in [-0.2, 0) is 19.8 Å². The second-order valence-electron chi connectivity index (χ2n) is 3.65. The lowest BCUT2D eigenvalue weighted by molar-refractivity contribution is -0.137. The third-order valence-corrected chi connectivity index (χ3v) is 3.71. The molecule has 0 aliphatic rings. The van der Waals surface area contributed by atoms with Crippen LogP contribution in [-0.4, -0.2) is 13.2 Å². The smallest absolute Gasteiger partial charge is 0.312 e. The molecule has 114 valence electrons. The van der Waals surface area contributed by atoms with Crippen LogP contribution in [0.1, 0.15) is 19.4 Å². The van der Waals surface area contributed by atoms with Gasteiger partial charge in [0.2, 0.25) is 0 Å². The highest BCUT2D eigenvalue weighted by atomic mass is 31.2. The molecule has 0 aliphatic heterocycles. The molecule has 0 spiro atoms. The Bertz CT molecular complexity index is 472. The predicted octanol–water partition coefficient (Wildman–Crippen LogP) is 3.80. The number of nitrogens with one attached hydrogen (secondary N) is 2. The van der Waals surface area contributed by atoms with E-state index in [1.165, 1.54) is 12.1 Å². The Morgan fingerprint density at radius 2 is 1.80 bits per heavy atom. The van der Waals surface area contributed by atoms with E-state index in [0.717, 1.165) is 12.1 Å². The fraction of sp³-hybridized carbons (Fsp3) is 0.455. The van der Waals surface area contributed by atoms with E-state index in [1.807, 2.05) is 0 Å². The summed E-state index contributed by atoms with van der Waals surface area (Å²) in [6.45, 7) is 3.51. The lowest BCUT2D eigenvalue weighted by atomic mass is 10.2. The molecule has 0 unspecified atom stereocenters. The Hall–Kier alpha value is -1.08. The molecule has 0 fully saturated rings. The van der Waals surface area contributed by atoms with E-state index in [1.54, 1.807) is 13.8 Å². The summed E-state index contributed by atoms with van der Waals surface area (Å²) in [7, 11) is -3.58. The summed E-state index contributed by atoms with van der Waals surface area (Å²) in [5.41, 5.74) is 1.69. The lowest BCUT2D eigenvalue weighted by Gasteiger charge is -2.19. The third-order valence-electron chi connectivity index (χ3n) is 2.13. The monoisotopic (exact) mass is 312 g/mol. The van der Waals surface area contributed by atoms with Gasteiger partial charge in [0, 0.05) is 5.69 Å². The summed E-state index contributed by atoms with van der Waals surface area (Å²) in [5, 5.41) is 2.29. The first-order valence-corrected chi connectivity index (χ1v) is 7.44. The Balaban J connectivity index is 2.76. The first-order chi connectivity index (χ1) is 9.30. The minimum absolute atomic E-state index is 0.0967. The van der Waals surface area contributed by atoms with Gasteiger partial charge in [0.05, 0.1) is 18.8 Å². The molecule has 5 nitrogen and oxygen atoms in total. The van der Waals surface area contributed by atoms with Gasteiger partial charge in [0.1, 0.15) is 0 Å². The highest BCUT2D eigenvalue weighted by Gasteiger charge is 2.30. The molecule has 0 saturated carbocycles. The molecule has 0 amide bonds. The second-order valence-corrected chi connectivity index (χ2v) is 5.38. The Kier molecular flexibility index (Phi) is 6.01. The van der Waals surface area contributed by atoms with Crippen molar-refractivity contribution < 1.29 is 26.8 Å². The molecule has 0 bridgehead atoms. The topological polar surface area (TPSA) is 59.6 Å². The fourth-order valence-electron chi connectivity index (χ4n) is 1.35. The van der Waals surface area contributed by atoms with Crippen molar-refractivity contribution in [2.75, 3.05) is 18.6 Å². The zero-order chi connectivity index (χ0) is 15.2. The highest BCUT2D eigenvalue weighted by molar-refractivity contribution is 7.51. The Morgan fingerprint density at radius 3 is 2.30 bits per heavy atom. The van der Waals surface area contributed by atoms with Gasteiger partial charge in [0.25, 0.3) is 0 Å². The number of anilines is 1. The van der Waals surface area contributed by atoms with Crippen LogP contribution in [0.15, 0.2) is 24.3 Å². The van der Waals surface area contributed by atoms with Crippen molar-refractivity contribution >= 4 is 13.4 Å². The molecule has 1 aromatic rings. The van der Waals surface area contributed by atoms with E-state index >= 15 is 0 Å². The van der Waals surface area contributed by atoms with E-state index in [4.69, 9.17) is 9.05 Å². The van der Waals surface area contributed by atoms with Crippen LogP contribution in [0.2, 0.25) is 0 Å². The van der Waals surface area contributed by atoms with E-state index in [2.05, 4.69) is 10.6 Å². The molecule has 0 aromatic heterocycles. The van der Waals surface area contributed by atoms with Crippen LogP contribution in [0.5, 0.6) is 0 Å². The summed E-state index contributed by atoms with van der Waals surface area (Å²) in [6.07, 6.45) is -4.44. The van der Waals surface area contributed by atoms with Crippen LogP contribution in [0, 0.1) is 0 Å². The quantitative estimate of drug-likeness (QED) is 0.592. The first kappa shape index (κ1) is 17.0. The van der Waals surface area contributed by atoms with Crippen molar-refractivity contribution in [3.8, 4) is 0 Å². The molecule has 1 aromatic carbocycles. The van der Waals surface area contributed by atoms with E-state index in [-0.39, 0.29) is 18.9 Å². The molecular weight excluding hydrogens is 296 g/mol. The third kappa shape index (κ3) is 5.13. The molecule has 0 atom stereocenters. The average Bonchev–Trinajstić information content (AvgIpc) is 2.36. The van der Waals surface area contributed by atoms with Gasteiger partial charge in [-0.05, 0) is 32.0 Å². The van der Waals surface area contributed by atoms with Crippen molar-refractivity contribution in [3.63, 3.8) is 0 Å². The Labute approximate surface area is 115 Å². The van der Waals surface area contributed by atoms with Crippen LogP contribution in [0.25, 0.3) is 0 Å². The maximum Gasteiger partial charge on any atom is 0.423 e. The summed E-state index contributed by atoms with van der Waals surface area (Å²) < 4.78 is 59.5. The predicted molar refractivity (Wildman–Crippen MR) is 69.1 cm³/mol. The van der Waals surface area contributed by atoms with E-state index in [0.29, 0.717) is 0 Å². The summed E-state index contributed by atoms with van der Waals surface area (Å²) in [5.74, 6) is 0. The minimum atomic E-state index is -4.44. The number of hydrogen-bond donors (Lipinski definition) is 2. The van der Waals surface area contributed by atoms with Crippen LogP contribution >= 0.6 is 7.75 Å². The van der Waals surface area contributed by atoms with Gasteiger partial charge in [-0.25, -0.2) is 4.57 Å². The highest BCUT2D eigenvalue weighted by Crippen LogP contribution is 2.43. The molecule has 0 saturated heterocycles. The number of hydrazine groups is 1. The van der Waals surface area contributed by atoms with Crippen LogP contribution in [0.4, 0.5) is 18.9 Å². The van der Waals surface area contributed by atoms with Gasteiger partial charge >= 0.3 is 13.9 Å². The normalized spacial score (nSPS) is 12.4. The van der Waals surface area contributed by atoms with Crippen molar-refractivity contribution in [1.29, 1.82) is 0 Å². The molecule has 0 aliphatic carbocycles. The number of benzene rings is 1. The molecule has 9 heteroatoms. The first-order valence-electron chi connectivity index (χ1n) is 5.90. The van der Waals surface area contributed by atoms with Crippen molar-refractivity contribution in [1.82, 2.24) is 5.20 Å². The summed E-state index contributed by atoms with van der Waals surface area (Å²) >= 11 is 0. The van der Waals surface area contributed by atoms with Gasteiger partial charge in [-0.15, -0.1) is 5.20 Å². The summed E-state index contributed by atoms with van der Waals surface area (Å²) in [6, 6.07) is 4.45.